The van der Waals surface area contributed by atoms with E-state index in [1.165, 1.54) is 25.0 Å². The van der Waals surface area contributed by atoms with Gasteiger partial charge in [-0.15, -0.1) is 0 Å². The van der Waals surface area contributed by atoms with Crippen LogP contribution in [0.2, 0.25) is 5.02 Å². The zero-order valence-corrected chi connectivity index (χ0v) is 13.6. The third-order valence-electron chi connectivity index (χ3n) is 4.26. The van der Waals surface area contributed by atoms with Gasteiger partial charge in [-0.2, -0.15) is 0 Å². The normalized spacial score (nSPS) is 19.1. The predicted octanol–water partition coefficient (Wildman–Crippen LogP) is 2.75. The Labute approximate surface area is 131 Å². The van der Waals surface area contributed by atoms with Crippen LogP contribution in [0.5, 0.6) is 0 Å². The Kier molecular flexibility index (Phi) is 5.99. The summed E-state index contributed by atoms with van der Waals surface area (Å²) in [5.41, 5.74) is 6.89. The summed E-state index contributed by atoms with van der Waals surface area (Å²) in [6.07, 6.45) is 2.35. The average Bonchev–Trinajstić information content (AvgIpc) is 2.43. The molecule has 1 saturated heterocycles. The molecule has 0 spiro atoms. The summed E-state index contributed by atoms with van der Waals surface area (Å²) in [5, 5.41) is 0.473. The summed E-state index contributed by atoms with van der Waals surface area (Å²) in [4.78, 5) is 4.63. The molecule has 1 fully saturated rings. The molecule has 1 aliphatic heterocycles. The maximum Gasteiger partial charge on any atom is 0.124 e. The molecule has 1 aromatic rings. The van der Waals surface area contributed by atoms with E-state index < -0.39 is 0 Å². The fourth-order valence-electron chi connectivity index (χ4n) is 3.21. The van der Waals surface area contributed by atoms with Gasteiger partial charge in [0, 0.05) is 24.2 Å². The third kappa shape index (κ3) is 4.39. The molecule has 21 heavy (non-hydrogen) atoms. The molecule has 0 bridgehead atoms. The van der Waals surface area contributed by atoms with Crippen molar-refractivity contribution in [3.8, 4) is 0 Å². The van der Waals surface area contributed by atoms with Crippen LogP contribution < -0.4 is 5.73 Å². The van der Waals surface area contributed by atoms with Crippen LogP contribution in [0.25, 0.3) is 0 Å². The lowest BCUT2D eigenvalue weighted by atomic mass is 9.94. The van der Waals surface area contributed by atoms with Gasteiger partial charge in [0.2, 0.25) is 0 Å². The highest BCUT2D eigenvalue weighted by Crippen LogP contribution is 2.31. The number of hydrogen-bond donors (Lipinski definition) is 1. The van der Waals surface area contributed by atoms with Crippen molar-refractivity contribution in [3.63, 3.8) is 0 Å². The van der Waals surface area contributed by atoms with Gasteiger partial charge in [0.1, 0.15) is 5.82 Å². The van der Waals surface area contributed by atoms with Crippen molar-refractivity contribution >= 4 is 11.6 Å². The zero-order valence-electron chi connectivity index (χ0n) is 12.9. The number of nitrogens with two attached hydrogens (primary N) is 1. The van der Waals surface area contributed by atoms with E-state index in [2.05, 4.69) is 23.9 Å². The van der Waals surface area contributed by atoms with Crippen molar-refractivity contribution < 1.29 is 4.39 Å². The molecule has 1 unspecified atom stereocenters. The van der Waals surface area contributed by atoms with Crippen molar-refractivity contribution in [1.29, 1.82) is 0 Å². The van der Waals surface area contributed by atoms with Gasteiger partial charge in [0.15, 0.2) is 0 Å². The van der Waals surface area contributed by atoms with Crippen LogP contribution in [-0.2, 0) is 0 Å². The third-order valence-corrected chi connectivity index (χ3v) is 4.59. The molecule has 0 aliphatic carbocycles. The Morgan fingerprint density at radius 3 is 2.57 bits per heavy atom. The summed E-state index contributed by atoms with van der Waals surface area (Å²) in [7, 11) is 4.24. The van der Waals surface area contributed by atoms with Crippen LogP contribution >= 0.6 is 11.6 Å². The number of benzene rings is 1. The lowest BCUT2D eigenvalue weighted by Gasteiger charge is -2.38. The van der Waals surface area contributed by atoms with Crippen molar-refractivity contribution in [1.82, 2.24) is 9.80 Å². The molecule has 1 aromatic carbocycles. The Hall–Kier alpha value is -0.680. The molecular formula is C16H25ClFN3. The second-order valence-corrected chi connectivity index (χ2v) is 6.57. The molecule has 3 nitrogen and oxygen atoms in total. The quantitative estimate of drug-likeness (QED) is 0.907. The molecular weight excluding hydrogens is 289 g/mol. The van der Waals surface area contributed by atoms with Crippen LogP contribution in [0, 0.1) is 11.7 Å². The van der Waals surface area contributed by atoms with Gasteiger partial charge in [-0.25, -0.2) is 4.39 Å². The summed E-state index contributed by atoms with van der Waals surface area (Å²) >= 11 is 6.19. The SMILES string of the molecule is CN(C)CC1CCN(C(CN)c2ccc(F)cc2Cl)CC1. The number of nitrogens with zero attached hydrogens (tertiary/aromatic N) is 2. The van der Waals surface area contributed by atoms with Gasteiger partial charge >= 0.3 is 0 Å². The van der Waals surface area contributed by atoms with Crippen LogP contribution in [0.1, 0.15) is 24.4 Å². The van der Waals surface area contributed by atoms with E-state index in [9.17, 15) is 4.39 Å². The first kappa shape index (κ1) is 16.7. The fourth-order valence-corrected chi connectivity index (χ4v) is 3.50. The molecule has 0 saturated carbocycles. The van der Waals surface area contributed by atoms with Gasteiger partial charge in [0.25, 0.3) is 0 Å². The molecule has 0 amide bonds. The van der Waals surface area contributed by atoms with E-state index in [1.54, 1.807) is 6.07 Å². The number of piperidine rings is 1. The molecule has 0 radical (unpaired) electrons. The Morgan fingerprint density at radius 1 is 1.38 bits per heavy atom. The molecule has 0 aromatic heterocycles. The maximum absolute atomic E-state index is 13.2. The van der Waals surface area contributed by atoms with Gasteiger partial charge < -0.3 is 10.6 Å². The first-order valence-electron chi connectivity index (χ1n) is 7.55. The van der Waals surface area contributed by atoms with E-state index in [-0.39, 0.29) is 11.9 Å². The standard InChI is InChI=1S/C16H25ClFN3/c1-20(2)11-12-5-7-21(8-6-12)16(10-19)14-4-3-13(18)9-15(14)17/h3-4,9,12,16H,5-8,10-11,19H2,1-2H3. The molecule has 2 rings (SSSR count). The van der Waals surface area contributed by atoms with E-state index in [1.807, 2.05) is 0 Å². The Balaban J connectivity index is 2.02. The molecule has 118 valence electrons. The second-order valence-electron chi connectivity index (χ2n) is 6.16. The van der Waals surface area contributed by atoms with Crippen LogP contribution in [0.3, 0.4) is 0 Å². The van der Waals surface area contributed by atoms with E-state index in [0.717, 1.165) is 31.1 Å². The smallest absolute Gasteiger partial charge is 0.124 e. The number of halogens is 2. The Morgan fingerprint density at radius 2 is 2.05 bits per heavy atom. The maximum atomic E-state index is 13.2. The number of likely N-dealkylation sites (tertiary alicyclic amines) is 1. The minimum Gasteiger partial charge on any atom is -0.329 e. The van der Waals surface area contributed by atoms with Crippen molar-refractivity contribution in [2.75, 3.05) is 40.3 Å². The van der Waals surface area contributed by atoms with Gasteiger partial charge in [0.05, 0.1) is 0 Å². The van der Waals surface area contributed by atoms with E-state index >= 15 is 0 Å². The summed E-state index contributed by atoms with van der Waals surface area (Å²) in [6, 6.07) is 4.68. The van der Waals surface area contributed by atoms with Crippen LogP contribution in [0.15, 0.2) is 18.2 Å². The highest BCUT2D eigenvalue weighted by Gasteiger charge is 2.26. The largest absolute Gasteiger partial charge is 0.329 e. The molecule has 1 aliphatic rings. The first-order valence-corrected chi connectivity index (χ1v) is 7.93. The van der Waals surface area contributed by atoms with Crippen molar-refractivity contribution in [2.24, 2.45) is 11.7 Å². The highest BCUT2D eigenvalue weighted by molar-refractivity contribution is 6.31. The molecule has 1 heterocycles. The molecule has 5 heteroatoms. The van der Waals surface area contributed by atoms with Crippen molar-refractivity contribution in [3.05, 3.63) is 34.6 Å². The minimum atomic E-state index is -0.302. The zero-order chi connectivity index (χ0) is 15.4. The van der Waals surface area contributed by atoms with E-state index in [4.69, 9.17) is 17.3 Å². The Bertz CT molecular complexity index is 459. The first-order chi connectivity index (χ1) is 10.0. The van der Waals surface area contributed by atoms with Crippen LogP contribution in [0.4, 0.5) is 4.39 Å². The van der Waals surface area contributed by atoms with Gasteiger partial charge in [-0.1, -0.05) is 17.7 Å². The van der Waals surface area contributed by atoms with Crippen LogP contribution in [-0.4, -0.2) is 50.1 Å². The monoisotopic (exact) mass is 313 g/mol. The average molecular weight is 314 g/mol. The minimum absolute atomic E-state index is 0.0819. The topological polar surface area (TPSA) is 32.5 Å². The molecule has 1 atom stereocenters. The molecule has 2 N–H and O–H groups in total. The highest BCUT2D eigenvalue weighted by atomic mass is 35.5. The van der Waals surface area contributed by atoms with Gasteiger partial charge in [-0.3, -0.25) is 4.90 Å². The van der Waals surface area contributed by atoms with Gasteiger partial charge in [-0.05, 0) is 63.6 Å². The summed E-state index contributed by atoms with van der Waals surface area (Å²) < 4.78 is 13.2. The predicted molar refractivity (Wildman–Crippen MR) is 86.1 cm³/mol. The summed E-state index contributed by atoms with van der Waals surface area (Å²) in [5.74, 6) is 0.447. The lowest BCUT2D eigenvalue weighted by molar-refractivity contribution is 0.122. The fraction of sp³-hybridized carbons (Fsp3) is 0.625. The number of rotatable bonds is 5. The number of hydrogen-bond acceptors (Lipinski definition) is 3. The second kappa shape index (κ2) is 7.54. The van der Waals surface area contributed by atoms with E-state index in [0.29, 0.717) is 11.6 Å². The summed E-state index contributed by atoms with van der Waals surface area (Å²) in [6.45, 7) is 3.68. The van der Waals surface area contributed by atoms with Crippen molar-refractivity contribution in [2.45, 2.75) is 18.9 Å². The lowest BCUT2D eigenvalue weighted by Crippen LogP contribution is -2.41.